The lowest BCUT2D eigenvalue weighted by Crippen LogP contribution is -2.46. The van der Waals surface area contributed by atoms with Crippen molar-refractivity contribution in [3.8, 4) is 0 Å². The van der Waals surface area contributed by atoms with E-state index in [0.29, 0.717) is 6.61 Å². The first-order valence-corrected chi connectivity index (χ1v) is 7.25. The molecule has 112 valence electrons. The molecule has 0 amide bonds. The summed E-state index contributed by atoms with van der Waals surface area (Å²) in [5.74, 6) is 0. The maximum Gasteiger partial charge on any atom is 0.361 e. The summed E-state index contributed by atoms with van der Waals surface area (Å²) in [6, 6.07) is 19.1. The van der Waals surface area contributed by atoms with E-state index in [1.807, 2.05) is 13.1 Å². The molecular weight excluding hydrogens is 257 g/mol. The lowest BCUT2D eigenvalue weighted by atomic mass is 9.55. The van der Waals surface area contributed by atoms with Gasteiger partial charge in [0.15, 0.2) is 0 Å². The molecule has 0 unspecified atom stereocenters. The monoisotopic (exact) mass is 283 g/mol. The summed E-state index contributed by atoms with van der Waals surface area (Å²) in [4.78, 5) is 0. The molecule has 0 aliphatic carbocycles. The van der Waals surface area contributed by atoms with Gasteiger partial charge in [0.2, 0.25) is 0 Å². The van der Waals surface area contributed by atoms with Crippen LogP contribution in [0.3, 0.4) is 0 Å². The molecule has 2 nitrogen and oxygen atoms in total. The molecule has 21 heavy (non-hydrogen) atoms. The Labute approximate surface area is 129 Å². The highest BCUT2D eigenvalue weighted by molar-refractivity contribution is 6.80. The third-order valence-corrected chi connectivity index (χ3v) is 3.40. The maximum atomic E-state index is 6.09. The summed E-state index contributed by atoms with van der Waals surface area (Å²) < 4.78 is 6.09. The Balaban J connectivity index is 0.00000220. The van der Waals surface area contributed by atoms with Gasteiger partial charge in [-0.25, -0.2) is 0 Å². The first kappa shape index (κ1) is 17.5. The molecule has 2 aromatic rings. The van der Waals surface area contributed by atoms with Gasteiger partial charge in [-0.05, 0) is 30.0 Å². The van der Waals surface area contributed by atoms with Gasteiger partial charge in [0.1, 0.15) is 0 Å². The Hall–Kier alpha value is -1.58. The van der Waals surface area contributed by atoms with E-state index >= 15 is 0 Å². The number of hydrogen-bond donors (Lipinski definition) is 1. The molecule has 3 heteroatoms. The fraction of sp³-hybridized carbons (Fsp3) is 0.333. The average Bonchev–Trinajstić information content (AvgIpc) is 2.52. The maximum absolute atomic E-state index is 6.09. The van der Waals surface area contributed by atoms with Gasteiger partial charge in [-0.15, -0.1) is 0 Å². The van der Waals surface area contributed by atoms with Crippen molar-refractivity contribution in [2.45, 2.75) is 20.8 Å². The van der Waals surface area contributed by atoms with Crippen molar-refractivity contribution in [2.75, 3.05) is 20.2 Å². The molecule has 0 saturated carbocycles. The summed E-state index contributed by atoms with van der Waals surface area (Å²) in [6.07, 6.45) is 1.05. The molecule has 0 atom stereocenters. The van der Waals surface area contributed by atoms with E-state index in [2.05, 4.69) is 60.8 Å². The van der Waals surface area contributed by atoms with E-state index in [-0.39, 0.29) is 14.3 Å². The van der Waals surface area contributed by atoms with Gasteiger partial charge in [0, 0.05) is 13.2 Å². The molecule has 0 heterocycles. The second kappa shape index (κ2) is 9.38. The summed E-state index contributed by atoms with van der Waals surface area (Å²) >= 11 is 0. The molecular formula is C18H26BNO. The van der Waals surface area contributed by atoms with Crippen LogP contribution in [0.25, 0.3) is 0 Å². The molecule has 0 fully saturated rings. The molecule has 0 aromatic heterocycles. The lowest BCUT2D eigenvalue weighted by Gasteiger charge is -2.16. The first-order valence-electron chi connectivity index (χ1n) is 7.25. The van der Waals surface area contributed by atoms with Gasteiger partial charge in [-0.3, -0.25) is 0 Å². The largest absolute Gasteiger partial charge is 0.426 e. The SMILES string of the molecule is C.CCc1cccc(B(OCCNC)c2ccccc2)c1. The zero-order valence-corrected chi connectivity index (χ0v) is 12.3. The van der Waals surface area contributed by atoms with Crippen LogP contribution in [0.15, 0.2) is 54.6 Å². The Morgan fingerprint density at radius 3 is 2.38 bits per heavy atom. The van der Waals surface area contributed by atoms with Crippen LogP contribution in [0.1, 0.15) is 19.9 Å². The molecule has 1 N–H and O–H groups in total. The third-order valence-electron chi connectivity index (χ3n) is 3.40. The van der Waals surface area contributed by atoms with Gasteiger partial charge in [0.25, 0.3) is 0 Å². The fourth-order valence-corrected chi connectivity index (χ4v) is 2.27. The lowest BCUT2D eigenvalue weighted by molar-refractivity contribution is 0.333. The van der Waals surface area contributed by atoms with E-state index in [1.165, 1.54) is 16.5 Å². The topological polar surface area (TPSA) is 21.3 Å². The number of rotatable bonds is 7. The van der Waals surface area contributed by atoms with Crippen LogP contribution in [0.2, 0.25) is 0 Å². The van der Waals surface area contributed by atoms with Crippen LogP contribution in [0, 0.1) is 0 Å². The second-order valence-corrected chi connectivity index (χ2v) is 4.86. The van der Waals surface area contributed by atoms with Crippen molar-refractivity contribution in [2.24, 2.45) is 0 Å². The second-order valence-electron chi connectivity index (χ2n) is 4.86. The smallest absolute Gasteiger partial charge is 0.361 e. The highest BCUT2D eigenvalue weighted by Gasteiger charge is 2.21. The zero-order chi connectivity index (χ0) is 14.2. The van der Waals surface area contributed by atoms with Gasteiger partial charge in [-0.2, -0.15) is 0 Å². The van der Waals surface area contributed by atoms with E-state index in [0.717, 1.165) is 13.0 Å². The standard InChI is InChI=1S/C17H22BNO.CH4/c1-3-15-8-7-11-17(14-15)18(20-13-12-19-2)16-9-5-4-6-10-16;/h4-11,14,19H,3,12-13H2,1-2H3;1H4. The minimum absolute atomic E-state index is 0. The van der Waals surface area contributed by atoms with E-state index in [9.17, 15) is 0 Å². The van der Waals surface area contributed by atoms with Crippen molar-refractivity contribution in [1.82, 2.24) is 5.32 Å². The molecule has 0 aliphatic rings. The molecule has 0 radical (unpaired) electrons. The number of nitrogens with one attached hydrogen (secondary N) is 1. The van der Waals surface area contributed by atoms with Crippen molar-refractivity contribution >= 4 is 17.8 Å². The quantitative estimate of drug-likeness (QED) is 0.621. The van der Waals surface area contributed by atoms with Crippen molar-refractivity contribution in [1.29, 1.82) is 0 Å². The third kappa shape index (κ3) is 5.03. The molecule has 0 saturated heterocycles. The number of benzene rings is 2. The van der Waals surface area contributed by atoms with Gasteiger partial charge in [0.05, 0.1) is 0 Å². The van der Waals surface area contributed by atoms with Gasteiger partial charge in [-0.1, -0.05) is 68.9 Å². The number of hydrogen-bond acceptors (Lipinski definition) is 2. The van der Waals surface area contributed by atoms with E-state index < -0.39 is 0 Å². The van der Waals surface area contributed by atoms with Crippen LogP contribution in [-0.4, -0.2) is 27.1 Å². The van der Waals surface area contributed by atoms with Gasteiger partial charge < -0.3 is 9.97 Å². The Morgan fingerprint density at radius 1 is 1.00 bits per heavy atom. The Kier molecular flexibility index (Phi) is 7.80. The minimum atomic E-state index is 0. The molecule has 0 spiro atoms. The summed E-state index contributed by atoms with van der Waals surface area (Å²) in [7, 11) is 1.94. The predicted molar refractivity (Wildman–Crippen MR) is 93.9 cm³/mol. The summed E-state index contributed by atoms with van der Waals surface area (Å²) in [6.45, 7) is 3.75. The summed E-state index contributed by atoms with van der Waals surface area (Å²) in [5, 5.41) is 3.12. The number of aryl methyl sites for hydroxylation is 1. The van der Waals surface area contributed by atoms with Crippen LogP contribution in [0.4, 0.5) is 0 Å². The van der Waals surface area contributed by atoms with Crippen molar-refractivity contribution in [3.63, 3.8) is 0 Å². The van der Waals surface area contributed by atoms with E-state index in [1.54, 1.807) is 0 Å². The highest BCUT2D eigenvalue weighted by Crippen LogP contribution is 2.00. The number of likely N-dealkylation sites (N-methyl/N-ethyl adjacent to an activating group) is 1. The van der Waals surface area contributed by atoms with Crippen molar-refractivity contribution < 1.29 is 4.65 Å². The first-order chi connectivity index (χ1) is 9.85. The van der Waals surface area contributed by atoms with E-state index in [4.69, 9.17) is 4.65 Å². The molecule has 2 rings (SSSR count). The van der Waals surface area contributed by atoms with Crippen LogP contribution in [-0.2, 0) is 11.1 Å². The van der Waals surface area contributed by atoms with Crippen LogP contribution < -0.4 is 16.2 Å². The fourth-order valence-electron chi connectivity index (χ4n) is 2.27. The summed E-state index contributed by atoms with van der Waals surface area (Å²) in [5.41, 5.74) is 3.78. The molecule has 0 aliphatic heterocycles. The predicted octanol–water partition coefficient (Wildman–Crippen LogP) is 2.23. The Morgan fingerprint density at radius 2 is 1.71 bits per heavy atom. The average molecular weight is 283 g/mol. The van der Waals surface area contributed by atoms with Crippen LogP contribution >= 0.6 is 0 Å². The highest BCUT2D eigenvalue weighted by atomic mass is 16.4. The minimum Gasteiger partial charge on any atom is -0.426 e. The zero-order valence-electron chi connectivity index (χ0n) is 12.3. The normalized spacial score (nSPS) is 10.0. The molecule has 0 bridgehead atoms. The van der Waals surface area contributed by atoms with Crippen molar-refractivity contribution in [3.05, 3.63) is 60.2 Å². The van der Waals surface area contributed by atoms with Gasteiger partial charge >= 0.3 is 6.92 Å². The van der Waals surface area contributed by atoms with Crippen LogP contribution in [0.5, 0.6) is 0 Å². The Bertz CT molecular complexity index is 516. The molecule has 2 aromatic carbocycles.